The number of amides is 1. The number of carboxylic acids is 1. The molecule has 5 rings (SSSR count). The Labute approximate surface area is 292 Å². The number of para-hydroxylation sites is 1. The van der Waals surface area contributed by atoms with Crippen molar-refractivity contribution in [1.82, 2.24) is 5.32 Å². The second kappa shape index (κ2) is 18.6. The quantitative estimate of drug-likeness (QED) is 0.0754. The first kappa shape index (κ1) is 36.1. The molecule has 1 aliphatic heterocycles. The fourth-order valence-electron chi connectivity index (χ4n) is 5.84. The standard InChI is InChI=1S/C40H45NO7S/c1-46-35-11-6-7-12-37(35)49-27-34-24-36(31-17-15-28(26-42)16-18-31)48-40(47-34)32-21-19-30(20-22-32)33-10-8-9-29(23-33)25-41-38(43)13-4-2-3-5-14-39(44)45/h6-12,15-23,34,36,40,42H,2-5,13-14,24-27H2,1H3,(H,41,43)(H,44,45)/t34-,36+,40+/m0/s1. The number of methoxy groups -OCH3 is 1. The van der Waals surface area contributed by atoms with Gasteiger partial charge in [0, 0.05) is 42.0 Å². The summed E-state index contributed by atoms with van der Waals surface area (Å²) in [6, 6.07) is 32.3. The molecule has 258 valence electrons. The van der Waals surface area contributed by atoms with Crippen molar-refractivity contribution in [3.63, 3.8) is 0 Å². The van der Waals surface area contributed by atoms with Gasteiger partial charge in [-0.15, -0.1) is 11.8 Å². The van der Waals surface area contributed by atoms with Gasteiger partial charge in [0.15, 0.2) is 6.29 Å². The van der Waals surface area contributed by atoms with Crippen molar-refractivity contribution in [1.29, 1.82) is 0 Å². The first-order chi connectivity index (χ1) is 23.9. The Morgan fingerprint density at radius 3 is 2.29 bits per heavy atom. The molecule has 1 amide bonds. The Balaban J connectivity index is 1.21. The molecule has 8 nitrogen and oxygen atoms in total. The van der Waals surface area contributed by atoms with Crippen LogP contribution in [0.25, 0.3) is 11.1 Å². The summed E-state index contributed by atoms with van der Waals surface area (Å²) in [5, 5.41) is 21.3. The number of aliphatic hydroxyl groups excluding tert-OH is 1. The molecular weight excluding hydrogens is 639 g/mol. The summed E-state index contributed by atoms with van der Waals surface area (Å²) in [6.07, 6.45) is 3.61. The number of carboxylic acid groups (broad SMARTS) is 1. The van der Waals surface area contributed by atoms with Gasteiger partial charge in [0.05, 0.1) is 25.9 Å². The number of thioether (sulfide) groups is 1. The predicted octanol–water partition coefficient (Wildman–Crippen LogP) is 8.23. The van der Waals surface area contributed by atoms with Gasteiger partial charge in [-0.05, 0) is 58.9 Å². The Hall–Kier alpha value is -4.15. The highest BCUT2D eigenvalue weighted by atomic mass is 32.2. The molecule has 0 saturated carbocycles. The summed E-state index contributed by atoms with van der Waals surface area (Å²) in [7, 11) is 1.68. The molecule has 3 N–H and O–H groups in total. The van der Waals surface area contributed by atoms with Gasteiger partial charge >= 0.3 is 5.97 Å². The highest BCUT2D eigenvalue weighted by Gasteiger charge is 2.32. The van der Waals surface area contributed by atoms with Crippen LogP contribution in [0.3, 0.4) is 0 Å². The van der Waals surface area contributed by atoms with E-state index in [1.54, 1.807) is 18.9 Å². The van der Waals surface area contributed by atoms with Crippen molar-refractivity contribution in [2.45, 2.75) is 81.5 Å². The maximum atomic E-state index is 12.4. The van der Waals surface area contributed by atoms with E-state index in [-0.39, 0.29) is 31.1 Å². The molecular formula is C40H45NO7S. The lowest BCUT2D eigenvalue weighted by Crippen LogP contribution is -2.31. The van der Waals surface area contributed by atoms with Gasteiger partial charge < -0.3 is 29.7 Å². The minimum absolute atomic E-state index is 0.00156. The van der Waals surface area contributed by atoms with Crippen molar-refractivity contribution in [3.8, 4) is 16.9 Å². The van der Waals surface area contributed by atoms with E-state index in [9.17, 15) is 14.7 Å². The van der Waals surface area contributed by atoms with Gasteiger partial charge in [0.25, 0.3) is 0 Å². The SMILES string of the molecule is COc1ccccc1SC[C@@H]1C[C@H](c2ccc(CO)cc2)O[C@H](c2ccc(-c3cccc(CNC(=O)CCCCCCC(=O)O)c3)cc2)O1. The van der Waals surface area contributed by atoms with E-state index in [1.165, 1.54) is 0 Å². The number of hydrogen-bond acceptors (Lipinski definition) is 7. The van der Waals surface area contributed by atoms with Gasteiger partial charge in [0.2, 0.25) is 5.91 Å². The average Bonchev–Trinajstić information content (AvgIpc) is 3.14. The highest BCUT2D eigenvalue weighted by Crippen LogP contribution is 2.40. The monoisotopic (exact) mass is 683 g/mol. The average molecular weight is 684 g/mol. The summed E-state index contributed by atoms with van der Waals surface area (Å²) >= 11 is 1.71. The number of aliphatic carboxylic acids is 1. The zero-order valence-corrected chi connectivity index (χ0v) is 28.7. The van der Waals surface area contributed by atoms with Crippen LogP contribution in [0.2, 0.25) is 0 Å². The minimum atomic E-state index is -0.774. The molecule has 0 unspecified atom stereocenters. The maximum absolute atomic E-state index is 12.4. The van der Waals surface area contributed by atoms with Crippen LogP contribution in [-0.2, 0) is 32.2 Å². The predicted molar refractivity (Wildman–Crippen MR) is 191 cm³/mol. The second-order valence-corrected chi connectivity index (χ2v) is 13.3. The van der Waals surface area contributed by atoms with Crippen LogP contribution in [0.1, 0.15) is 79.6 Å². The highest BCUT2D eigenvalue weighted by molar-refractivity contribution is 7.99. The van der Waals surface area contributed by atoms with E-state index in [0.29, 0.717) is 25.8 Å². The number of aliphatic hydroxyl groups is 1. The van der Waals surface area contributed by atoms with Crippen molar-refractivity contribution >= 4 is 23.6 Å². The van der Waals surface area contributed by atoms with Gasteiger partial charge in [-0.2, -0.15) is 0 Å². The van der Waals surface area contributed by atoms with Crippen LogP contribution in [-0.4, -0.2) is 41.1 Å². The lowest BCUT2D eigenvalue weighted by Gasteiger charge is -2.36. The zero-order valence-electron chi connectivity index (χ0n) is 27.9. The van der Waals surface area contributed by atoms with Crippen LogP contribution in [0, 0.1) is 0 Å². The number of unbranched alkanes of at least 4 members (excludes halogenated alkanes) is 3. The molecule has 1 fully saturated rings. The molecule has 49 heavy (non-hydrogen) atoms. The van der Waals surface area contributed by atoms with E-state index in [1.807, 2.05) is 66.7 Å². The Bertz CT molecular complexity index is 1640. The summed E-state index contributed by atoms with van der Waals surface area (Å²) in [6.45, 7) is 0.445. The van der Waals surface area contributed by atoms with E-state index < -0.39 is 12.3 Å². The molecule has 0 spiro atoms. The summed E-state index contributed by atoms with van der Waals surface area (Å²) in [4.78, 5) is 24.1. The summed E-state index contributed by atoms with van der Waals surface area (Å²) in [5.41, 5.74) is 5.96. The van der Waals surface area contributed by atoms with Gasteiger partial charge in [-0.1, -0.05) is 91.7 Å². The normalized spacial score (nSPS) is 17.4. The molecule has 0 aliphatic carbocycles. The van der Waals surface area contributed by atoms with Crippen molar-refractivity contribution in [3.05, 3.63) is 119 Å². The zero-order chi connectivity index (χ0) is 34.4. The third-order valence-corrected chi connectivity index (χ3v) is 9.77. The Morgan fingerprint density at radius 2 is 1.55 bits per heavy atom. The number of hydrogen-bond donors (Lipinski definition) is 3. The molecule has 4 aromatic carbocycles. The fourth-order valence-corrected chi connectivity index (χ4v) is 6.89. The van der Waals surface area contributed by atoms with Crippen LogP contribution in [0.5, 0.6) is 5.75 Å². The molecule has 0 bridgehead atoms. The van der Waals surface area contributed by atoms with Gasteiger partial charge in [-0.25, -0.2) is 0 Å². The summed E-state index contributed by atoms with van der Waals surface area (Å²) < 4.78 is 18.7. The third-order valence-electron chi connectivity index (χ3n) is 8.59. The van der Waals surface area contributed by atoms with Crippen LogP contribution >= 0.6 is 11.8 Å². The minimum Gasteiger partial charge on any atom is -0.496 e. The smallest absolute Gasteiger partial charge is 0.303 e. The molecule has 1 heterocycles. The van der Waals surface area contributed by atoms with Crippen LogP contribution in [0.4, 0.5) is 0 Å². The molecule has 0 radical (unpaired) electrons. The van der Waals surface area contributed by atoms with E-state index in [4.69, 9.17) is 19.3 Å². The van der Waals surface area contributed by atoms with E-state index in [0.717, 1.165) is 69.0 Å². The first-order valence-corrected chi connectivity index (χ1v) is 17.8. The number of ether oxygens (including phenoxy) is 3. The number of benzene rings is 4. The largest absolute Gasteiger partial charge is 0.496 e. The molecule has 9 heteroatoms. The molecule has 4 aromatic rings. The molecule has 3 atom stereocenters. The number of nitrogens with one attached hydrogen (secondary N) is 1. The Morgan fingerprint density at radius 1 is 0.816 bits per heavy atom. The van der Waals surface area contributed by atoms with E-state index in [2.05, 4.69) is 35.6 Å². The number of carbonyl (C=O) groups excluding carboxylic acids is 1. The Kier molecular flexibility index (Phi) is 13.7. The van der Waals surface area contributed by atoms with E-state index >= 15 is 0 Å². The van der Waals surface area contributed by atoms with Crippen LogP contribution in [0.15, 0.2) is 102 Å². The fraction of sp³-hybridized carbons (Fsp3) is 0.350. The van der Waals surface area contributed by atoms with Crippen molar-refractivity contribution in [2.24, 2.45) is 0 Å². The second-order valence-electron chi connectivity index (χ2n) is 12.2. The maximum Gasteiger partial charge on any atom is 0.303 e. The lowest BCUT2D eigenvalue weighted by molar-refractivity contribution is -0.245. The molecule has 1 saturated heterocycles. The third kappa shape index (κ3) is 10.9. The van der Waals surface area contributed by atoms with Crippen molar-refractivity contribution < 1.29 is 34.0 Å². The summed E-state index contributed by atoms with van der Waals surface area (Å²) in [5.74, 6) is 0.807. The van der Waals surface area contributed by atoms with Crippen molar-refractivity contribution in [2.75, 3.05) is 12.9 Å². The topological polar surface area (TPSA) is 114 Å². The number of carbonyl (C=O) groups is 2. The first-order valence-electron chi connectivity index (χ1n) is 16.9. The number of rotatable bonds is 17. The molecule has 1 aliphatic rings. The van der Waals surface area contributed by atoms with Gasteiger partial charge in [-0.3, -0.25) is 9.59 Å². The molecule has 0 aromatic heterocycles. The lowest BCUT2D eigenvalue weighted by atomic mass is 9.99. The van der Waals surface area contributed by atoms with Gasteiger partial charge in [0.1, 0.15) is 5.75 Å². The van der Waals surface area contributed by atoms with Crippen LogP contribution < -0.4 is 10.1 Å².